The predicted octanol–water partition coefficient (Wildman–Crippen LogP) is 4.68. The quantitative estimate of drug-likeness (QED) is 0.426. The van der Waals surface area contributed by atoms with E-state index in [0.29, 0.717) is 11.4 Å². The summed E-state index contributed by atoms with van der Waals surface area (Å²) >= 11 is 0. The van der Waals surface area contributed by atoms with Crippen molar-refractivity contribution >= 4 is 28.8 Å². The van der Waals surface area contributed by atoms with E-state index in [9.17, 15) is 4.79 Å². The Morgan fingerprint density at radius 1 is 0.971 bits per heavy atom. The number of nitrogens with zero attached hydrogens (tertiary/aromatic N) is 4. The molecule has 2 N–H and O–H groups in total. The van der Waals surface area contributed by atoms with E-state index in [1.807, 2.05) is 67.6 Å². The van der Waals surface area contributed by atoms with Crippen molar-refractivity contribution in [1.82, 2.24) is 15.0 Å². The van der Waals surface area contributed by atoms with Crippen LogP contribution in [0.15, 0.2) is 79.4 Å². The van der Waals surface area contributed by atoms with Gasteiger partial charge in [-0.3, -0.25) is 4.79 Å². The van der Waals surface area contributed by atoms with Crippen LogP contribution < -0.4 is 15.5 Å². The van der Waals surface area contributed by atoms with Gasteiger partial charge in [0.25, 0.3) is 5.91 Å². The number of aryl methyl sites for hydroxylation is 1. The second kappa shape index (κ2) is 10.3. The van der Waals surface area contributed by atoms with E-state index in [1.54, 1.807) is 12.4 Å². The lowest BCUT2D eigenvalue weighted by Gasteiger charge is -2.28. The third-order valence-corrected chi connectivity index (χ3v) is 5.92. The Hall–Kier alpha value is -4.30. The van der Waals surface area contributed by atoms with Crippen molar-refractivity contribution in [1.29, 1.82) is 0 Å². The summed E-state index contributed by atoms with van der Waals surface area (Å²) in [5.41, 5.74) is 5.84. The number of pyridine rings is 1. The van der Waals surface area contributed by atoms with E-state index in [0.717, 1.165) is 60.2 Å². The number of ether oxygens (including phenoxy) is 1. The van der Waals surface area contributed by atoms with Crippen molar-refractivity contribution in [2.45, 2.75) is 6.92 Å². The highest BCUT2D eigenvalue weighted by atomic mass is 16.5. The summed E-state index contributed by atoms with van der Waals surface area (Å²) in [4.78, 5) is 28.1. The van der Waals surface area contributed by atoms with E-state index in [2.05, 4.69) is 30.5 Å². The van der Waals surface area contributed by atoms with Gasteiger partial charge in [0.15, 0.2) is 0 Å². The topological polar surface area (TPSA) is 92.3 Å². The molecule has 1 saturated heterocycles. The van der Waals surface area contributed by atoms with E-state index in [1.165, 1.54) is 6.33 Å². The number of hydrogen-bond donors (Lipinski definition) is 2. The summed E-state index contributed by atoms with van der Waals surface area (Å²) < 4.78 is 5.42. The van der Waals surface area contributed by atoms with E-state index < -0.39 is 0 Å². The van der Waals surface area contributed by atoms with Crippen LogP contribution in [0.1, 0.15) is 15.9 Å². The first-order chi connectivity index (χ1) is 17.2. The number of nitrogens with one attached hydrogen (secondary N) is 2. The third kappa shape index (κ3) is 5.28. The van der Waals surface area contributed by atoms with Gasteiger partial charge in [-0.2, -0.15) is 0 Å². The van der Waals surface area contributed by atoms with Crippen molar-refractivity contribution in [2.24, 2.45) is 0 Å². The summed E-state index contributed by atoms with van der Waals surface area (Å²) in [7, 11) is 0. The number of carbonyl (C=O) groups excluding carboxylic acids is 1. The molecule has 2 aromatic carbocycles. The first-order valence-electron chi connectivity index (χ1n) is 11.5. The van der Waals surface area contributed by atoms with Crippen LogP contribution in [0.4, 0.5) is 22.9 Å². The Morgan fingerprint density at radius 3 is 2.57 bits per heavy atom. The first kappa shape index (κ1) is 22.5. The summed E-state index contributed by atoms with van der Waals surface area (Å²) in [6.07, 6.45) is 4.93. The van der Waals surface area contributed by atoms with Crippen molar-refractivity contribution in [3.63, 3.8) is 0 Å². The Morgan fingerprint density at radius 2 is 1.80 bits per heavy atom. The molecule has 0 unspecified atom stereocenters. The molecule has 2 aromatic heterocycles. The van der Waals surface area contributed by atoms with E-state index in [-0.39, 0.29) is 5.91 Å². The second-order valence-electron chi connectivity index (χ2n) is 8.25. The molecule has 0 bridgehead atoms. The minimum Gasteiger partial charge on any atom is -0.378 e. The maximum absolute atomic E-state index is 13.0. The van der Waals surface area contributed by atoms with Gasteiger partial charge in [-0.05, 0) is 67.1 Å². The number of hydrogen-bond acceptors (Lipinski definition) is 7. The summed E-state index contributed by atoms with van der Waals surface area (Å²) in [6, 6.07) is 19.1. The van der Waals surface area contributed by atoms with E-state index in [4.69, 9.17) is 4.74 Å². The van der Waals surface area contributed by atoms with Crippen LogP contribution in [0, 0.1) is 6.92 Å². The van der Waals surface area contributed by atoms with Gasteiger partial charge >= 0.3 is 0 Å². The maximum atomic E-state index is 13.0. The molecule has 176 valence electrons. The number of rotatable bonds is 6. The number of anilines is 4. The normalized spacial score (nSPS) is 13.3. The molecule has 0 spiro atoms. The maximum Gasteiger partial charge on any atom is 0.255 e. The average molecular weight is 467 g/mol. The molecule has 1 aliphatic rings. The average Bonchev–Trinajstić information content (AvgIpc) is 2.91. The fraction of sp³-hybridized carbons (Fsp3) is 0.185. The molecule has 3 heterocycles. The molecule has 8 heteroatoms. The van der Waals surface area contributed by atoms with Crippen LogP contribution in [0.3, 0.4) is 0 Å². The van der Waals surface area contributed by atoms with Gasteiger partial charge in [0.1, 0.15) is 12.1 Å². The van der Waals surface area contributed by atoms with Gasteiger partial charge in [0, 0.05) is 53.7 Å². The molecule has 35 heavy (non-hydrogen) atoms. The standard InChI is InChI=1S/C27H26N6O2/c1-19-4-5-20(27(34)31-21-6-8-22(9-7-21)33-13-15-35-16-14-33)17-25(19)32-26-23(3-2-11-29-26)24-10-12-28-18-30-24/h2-12,17-18H,13-16H2,1H3,(H,29,32)(H,31,34). The molecule has 8 nitrogen and oxygen atoms in total. The highest BCUT2D eigenvalue weighted by Gasteiger charge is 2.14. The SMILES string of the molecule is Cc1ccc(C(=O)Nc2ccc(N3CCOCC3)cc2)cc1Nc1ncccc1-c1ccncn1. The highest BCUT2D eigenvalue weighted by Crippen LogP contribution is 2.29. The molecule has 0 saturated carbocycles. The number of carbonyl (C=O) groups is 1. The number of aromatic nitrogens is 3. The lowest BCUT2D eigenvalue weighted by Crippen LogP contribution is -2.36. The molecule has 4 aromatic rings. The molecule has 0 radical (unpaired) electrons. The number of amides is 1. The molecule has 5 rings (SSSR count). The van der Waals surface area contributed by atoms with Gasteiger partial charge in [-0.25, -0.2) is 15.0 Å². The lowest BCUT2D eigenvalue weighted by atomic mass is 10.1. The Kier molecular flexibility index (Phi) is 6.63. The Bertz CT molecular complexity index is 1310. The largest absolute Gasteiger partial charge is 0.378 e. The fourth-order valence-electron chi connectivity index (χ4n) is 3.97. The van der Waals surface area contributed by atoms with E-state index >= 15 is 0 Å². The monoisotopic (exact) mass is 466 g/mol. The predicted molar refractivity (Wildman–Crippen MR) is 137 cm³/mol. The van der Waals surface area contributed by atoms with Gasteiger partial charge in [-0.15, -0.1) is 0 Å². The van der Waals surface area contributed by atoms with Crippen molar-refractivity contribution in [2.75, 3.05) is 41.8 Å². The molecular weight excluding hydrogens is 440 g/mol. The van der Waals surface area contributed by atoms with Crippen LogP contribution in [-0.4, -0.2) is 47.2 Å². The van der Waals surface area contributed by atoms with Crippen LogP contribution in [0.2, 0.25) is 0 Å². The van der Waals surface area contributed by atoms with Crippen LogP contribution in [0.25, 0.3) is 11.3 Å². The van der Waals surface area contributed by atoms with Crippen LogP contribution >= 0.6 is 0 Å². The van der Waals surface area contributed by atoms with Gasteiger partial charge < -0.3 is 20.3 Å². The van der Waals surface area contributed by atoms with Gasteiger partial charge in [0.2, 0.25) is 0 Å². The molecule has 0 aliphatic carbocycles. The Balaban J connectivity index is 1.32. The fourth-order valence-corrected chi connectivity index (χ4v) is 3.97. The zero-order valence-corrected chi connectivity index (χ0v) is 19.4. The van der Waals surface area contributed by atoms with Crippen molar-refractivity contribution < 1.29 is 9.53 Å². The smallest absolute Gasteiger partial charge is 0.255 e. The number of morpholine rings is 1. The molecule has 1 fully saturated rings. The highest BCUT2D eigenvalue weighted by molar-refractivity contribution is 6.05. The minimum absolute atomic E-state index is 0.177. The number of benzene rings is 2. The zero-order chi connectivity index (χ0) is 24.0. The van der Waals surface area contributed by atoms with Crippen LogP contribution in [-0.2, 0) is 4.74 Å². The molecular formula is C27H26N6O2. The third-order valence-electron chi connectivity index (χ3n) is 5.92. The Labute approximate surface area is 204 Å². The minimum atomic E-state index is -0.177. The molecule has 0 atom stereocenters. The lowest BCUT2D eigenvalue weighted by molar-refractivity contribution is 0.102. The van der Waals surface area contributed by atoms with Gasteiger partial charge in [0.05, 0.1) is 18.9 Å². The molecule has 1 aliphatic heterocycles. The van der Waals surface area contributed by atoms with Crippen molar-refractivity contribution in [3.05, 3.63) is 90.5 Å². The summed E-state index contributed by atoms with van der Waals surface area (Å²) in [5, 5.41) is 6.37. The molecule has 1 amide bonds. The van der Waals surface area contributed by atoms with Gasteiger partial charge in [-0.1, -0.05) is 6.07 Å². The summed E-state index contributed by atoms with van der Waals surface area (Å²) in [6.45, 7) is 5.21. The summed E-state index contributed by atoms with van der Waals surface area (Å²) in [5.74, 6) is 0.481. The van der Waals surface area contributed by atoms with Crippen LogP contribution in [0.5, 0.6) is 0 Å². The first-order valence-corrected chi connectivity index (χ1v) is 11.5. The second-order valence-corrected chi connectivity index (χ2v) is 8.25. The zero-order valence-electron chi connectivity index (χ0n) is 19.4. The van der Waals surface area contributed by atoms with Crippen molar-refractivity contribution in [3.8, 4) is 11.3 Å².